The molecule has 1 amide bonds. The Hall–Kier alpha value is -2.90. The van der Waals surface area contributed by atoms with Crippen LogP contribution >= 0.6 is 23.4 Å². The summed E-state index contributed by atoms with van der Waals surface area (Å²) in [6, 6.07) is 18.6. The van der Waals surface area contributed by atoms with Crippen molar-refractivity contribution in [3.63, 3.8) is 0 Å². The first-order valence-electron chi connectivity index (χ1n) is 11.0. The summed E-state index contributed by atoms with van der Waals surface area (Å²) < 4.78 is 0. The molecule has 0 bridgehead atoms. The maximum Gasteiger partial charge on any atom is 0.269 e. The van der Waals surface area contributed by atoms with Crippen LogP contribution in [0.3, 0.4) is 0 Å². The van der Waals surface area contributed by atoms with Crippen LogP contribution in [0.2, 0.25) is 0 Å². The van der Waals surface area contributed by atoms with Gasteiger partial charge in [0, 0.05) is 59.2 Å². The van der Waals surface area contributed by atoms with Crippen LogP contribution in [0.5, 0.6) is 0 Å². The highest BCUT2D eigenvalue weighted by Crippen LogP contribution is 2.34. The summed E-state index contributed by atoms with van der Waals surface area (Å²) in [5, 5.41) is 11.5. The van der Waals surface area contributed by atoms with E-state index in [0.29, 0.717) is 13.0 Å². The summed E-state index contributed by atoms with van der Waals surface area (Å²) in [5.74, 6) is 0.0717. The van der Waals surface area contributed by atoms with Gasteiger partial charge < -0.3 is 4.90 Å². The number of halogens is 1. The van der Waals surface area contributed by atoms with Crippen molar-refractivity contribution < 1.29 is 9.72 Å². The Kier molecular flexibility index (Phi) is 8.69. The Labute approximate surface area is 209 Å². The fourth-order valence-electron chi connectivity index (χ4n) is 3.37. The second-order valence-electron chi connectivity index (χ2n) is 8.78. The predicted molar refractivity (Wildman–Crippen MR) is 136 cm³/mol. The van der Waals surface area contributed by atoms with Gasteiger partial charge in [-0.15, -0.1) is 11.6 Å². The zero-order chi connectivity index (χ0) is 24.7. The second kappa shape index (κ2) is 11.5. The molecule has 0 aliphatic carbocycles. The first-order chi connectivity index (χ1) is 16.2. The van der Waals surface area contributed by atoms with Crippen molar-refractivity contribution in [1.82, 2.24) is 9.88 Å². The van der Waals surface area contributed by atoms with E-state index in [2.05, 4.69) is 4.98 Å². The number of hydrogen-bond donors (Lipinski definition) is 0. The van der Waals surface area contributed by atoms with Gasteiger partial charge in [-0.3, -0.25) is 19.9 Å². The molecule has 0 saturated carbocycles. The van der Waals surface area contributed by atoms with Gasteiger partial charge in [0.15, 0.2) is 0 Å². The third kappa shape index (κ3) is 6.81. The van der Waals surface area contributed by atoms with Gasteiger partial charge >= 0.3 is 0 Å². The summed E-state index contributed by atoms with van der Waals surface area (Å²) in [4.78, 5) is 32.5. The van der Waals surface area contributed by atoms with Gasteiger partial charge in [0.1, 0.15) is 0 Å². The third-order valence-corrected chi connectivity index (χ3v) is 7.22. The lowest BCUT2D eigenvalue weighted by molar-refractivity contribution is -0.385. The maximum atomic E-state index is 13.4. The van der Waals surface area contributed by atoms with Crippen LogP contribution in [-0.4, -0.2) is 33.1 Å². The lowest BCUT2D eigenvalue weighted by Gasteiger charge is -2.31. The molecule has 0 aliphatic heterocycles. The van der Waals surface area contributed by atoms with Crippen molar-refractivity contribution in [2.24, 2.45) is 5.41 Å². The van der Waals surface area contributed by atoms with Gasteiger partial charge in [0.05, 0.1) is 10.3 Å². The average molecular weight is 498 g/mol. The number of nitro benzene ring substituents is 1. The molecule has 2 aromatic carbocycles. The van der Waals surface area contributed by atoms with Crippen LogP contribution in [0.25, 0.3) is 0 Å². The van der Waals surface area contributed by atoms with Crippen LogP contribution in [-0.2, 0) is 17.8 Å². The molecule has 0 aliphatic rings. The number of pyridine rings is 1. The molecule has 0 saturated heterocycles. The number of alkyl halides is 1. The number of carbonyl (C=O) groups excluding carboxylic acids is 1. The van der Waals surface area contributed by atoms with Crippen LogP contribution in [0, 0.1) is 22.5 Å². The minimum Gasteiger partial charge on any atom is -0.337 e. The molecule has 0 fully saturated rings. The number of amides is 1. The van der Waals surface area contributed by atoms with Gasteiger partial charge in [-0.05, 0) is 56.7 Å². The monoisotopic (exact) mass is 497 g/mol. The number of aryl methyl sites for hydroxylation is 1. The number of nitrogens with zero attached hydrogens (tertiary/aromatic N) is 3. The van der Waals surface area contributed by atoms with Crippen molar-refractivity contribution in [2.75, 3.05) is 12.4 Å². The summed E-state index contributed by atoms with van der Waals surface area (Å²) in [7, 11) is 0. The number of aromatic nitrogens is 1. The summed E-state index contributed by atoms with van der Waals surface area (Å²) in [6.45, 7) is 6.31. The van der Waals surface area contributed by atoms with Gasteiger partial charge in [0.25, 0.3) is 5.69 Å². The zero-order valence-corrected chi connectivity index (χ0v) is 21.1. The molecule has 1 heterocycles. The first kappa shape index (κ1) is 25.7. The van der Waals surface area contributed by atoms with E-state index in [-0.39, 0.29) is 24.0 Å². The van der Waals surface area contributed by atoms with Crippen LogP contribution in [0.15, 0.2) is 76.7 Å². The Morgan fingerprint density at radius 1 is 1.15 bits per heavy atom. The van der Waals surface area contributed by atoms with E-state index in [4.69, 9.17) is 11.6 Å². The normalized spacial score (nSPS) is 11.3. The van der Waals surface area contributed by atoms with Crippen LogP contribution in [0.4, 0.5) is 5.69 Å². The quantitative estimate of drug-likeness (QED) is 0.187. The smallest absolute Gasteiger partial charge is 0.269 e. The van der Waals surface area contributed by atoms with Gasteiger partial charge in [-0.25, -0.2) is 0 Å². The van der Waals surface area contributed by atoms with Crippen molar-refractivity contribution in [1.29, 1.82) is 0 Å². The summed E-state index contributed by atoms with van der Waals surface area (Å²) >= 11 is 7.64. The molecule has 0 atom stereocenters. The molecule has 1 aromatic heterocycles. The highest BCUT2D eigenvalue weighted by molar-refractivity contribution is 7.99. The van der Waals surface area contributed by atoms with Crippen LogP contribution in [0.1, 0.15) is 30.7 Å². The molecule has 6 nitrogen and oxygen atoms in total. The zero-order valence-electron chi connectivity index (χ0n) is 19.5. The predicted octanol–water partition coefficient (Wildman–Crippen LogP) is 6.29. The fraction of sp³-hybridized carbons (Fsp3) is 0.308. The molecule has 178 valence electrons. The Balaban J connectivity index is 1.94. The summed E-state index contributed by atoms with van der Waals surface area (Å²) in [5.41, 5.74) is 1.98. The third-order valence-electron chi connectivity index (χ3n) is 5.43. The molecule has 0 spiro atoms. The largest absolute Gasteiger partial charge is 0.337 e. The Morgan fingerprint density at radius 2 is 1.88 bits per heavy atom. The van der Waals surface area contributed by atoms with E-state index >= 15 is 0 Å². The van der Waals surface area contributed by atoms with E-state index in [1.54, 1.807) is 23.2 Å². The molecule has 34 heavy (non-hydrogen) atoms. The SMILES string of the molecule is Cc1ccc(Sc2ccc([N+](=O)[O-])cc2CN(CCc2ccccn2)C(=O)C(C)(C)CCl)cc1. The van der Waals surface area contributed by atoms with Gasteiger partial charge in [-0.1, -0.05) is 35.5 Å². The maximum absolute atomic E-state index is 13.4. The molecular weight excluding hydrogens is 470 g/mol. The van der Waals surface area contributed by atoms with E-state index in [9.17, 15) is 14.9 Å². The van der Waals surface area contributed by atoms with E-state index < -0.39 is 10.3 Å². The number of hydrogen-bond acceptors (Lipinski definition) is 5. The first-order valence-corrected chi connectivity index (χ1v) is 12.3. The molecule has 8 heteroatoms. The minimum atomic E-state index is -0.767. The second-order valence-corrected chi connectivity index (χ2v) is 10.2. The van der Waals surface area contributed by atoms with Crippen molar-refractivity contribution >= 4 is 35.0 Å². The van der Waals surface area contributed by atoms with Crippen LogP contribution < -0.4 is 0 Å². The fourth-order valence-corrected chi connectivity index (χ4v) is 4.41. The molecule has 0 radical (unpaired) electrons. The lowest BCUT2D eigenvalue weighted by Crippen LogP contribution is -2.42. The van der Waals surface area contributed by atoms with E-state index in [1.165, 1.54) is 17.8 Å². The minimum absolute atomic E-state index is 0.00279. The number of non-ortho nitro benzene ring substituents is 1. The summed E-state index contributed by atoms with van der Waals surface area (Å²) in [6.07, 6.45) is 2.29. The van der Waals surface area contributed by atoms with Crippen molar-refractivity contribution in [3.8, 4) is 0 Å². The molecular formula is C26H28ClN3O3S. The average Bonchev–Trinajstić information content (AvgIpc) is 2.84. The molecule has 0 N–H and O–H groups in total. The number of nitro groups is 1. The van der Waals surface area contributed by atoms with E-state index in [0.717, 1.165) is 26.6 Å². The van der Waals surface area contributed by atoms with Crippen molar-refractivity contribution in [2.45, 2.75) is 43.5 Å². The molecule has 3 rings (SSSR count). The standard InChI is InChI=1S/C26H28ClN3O3S/c1-19-7-10-23(11-8-19)34-24-12-9-22(30(32)33)16-20(24)17-29(25(31)26(2,3)18-27)15-13-21-6-4-5-14-28-21/h4-12,14,16H,13,15,17-18H2,1-3H3. The molecule has 0 unspecified atom stereocenters. The number of rotatable bonds is 10. The van der Waals surface area contributed by atoms with Crippen molar-refractivity contribution in [3.05, 3.63) is 93.8 Å². The van der Waals surface area contributed by atoms with Gasteiger partial charge in [-0.2, -0.15) is 0 Å². The topological polar surface area (TPSA) is 76.3 Å². The van der Waals surface area contributed by atoms with Gasteiger partial charge in [0.2, 0.25) is 5.91 Å². The number of benzene rings is 2. The lowest BCUT2D eigenvalue weighted by atomic mass is 9.94. The molecule has 3 aromatic rings. The Morgan fingerprint density at radius 3 is 2.50 bits per heavy atom. The van der Waals surface area contributed by atoms with E-state index in [1.807, 2.05) is 63.2 Å². The highest BCUT2D eigenvalue weighted by Gasteiger charge is 2.32. The Bertz CT molecular complexity index is 1140. The highest BCUT2D eigenvalue weighted by atomic mass is 35.5. The number of carbonyl (C=O) groups is 1.